The molecule has 21 heavy (non-hydrogen) atoms. The molecule has 0 aliphatic rings. The lowest BCUT2D eigenvalue weighted by atomic mass is 9.74. The van der Waals surface area contributed by atoms with Crippen molar-refractivity contribution in [1.82, 2.24) is 10.6 Å². The van der Waals surface area contributed by atoms with Crippen molar-refractivity contribution in [2.45, 2.75) is 60.4 Å². The van der Waals surface area contributed by atoms with Gasteiger partial charge in [0.2, 0.25) is 11.8 Å². The minimum atomic E-state index is -1.10. The van der Waals surface area contributed by atoms with Crippen LogP contribution in [0, 0.1) is 10.8 Å². The Morgan fingerprint density at radius 1 is 0.952 bits per heavy atom. The zero-order valence-electron chi connectivity index (χ0n) is 14.1. The molecule has 0 fully saturated rings. The van der Waals surface area contributed by atoms with Gasteiger partial charge in [0.15, 0.2) is 0 Å². The van der Waals surface area contributed by atoms with Crippen LogP contribution in [0.4, 0.5) is 0 Å². The minimum absolute atomic E-state index is 0.112. The molecular weight excluding hydrogens is 272 g/mol. The first-order valence-electron chi connectivity index (χ1n) is 7.04. The maximum Gasteiger partial charge on any atom is 0.311 e. The van der Waals surface area contributed by atoms with Gasteiger partial charge < -0.3 is 15.7 Å². The Kier molecular flexibility index (Phi) is 5.96. The molecule has 0 atom stereocenters. The predicted octanol–water partition coefficient (Wildman–Crippen LogP) is 1.54. The standard InChI is InChI=1S/C15H28N2O4/c1-13(2,3)11(19)16-9-8-10(18)17-15(6,7)14(4,5)12(20)21/h8-9H2,1-7H3,(H,16,19)(H,17,18)(H,20,21). The number of carbonyl (C=O) groups is 3. The second kappa shape index (κ2) is 6.45. The Labute approximate surface area is 126 Å². The third kappa shape index (κ3) is 5.36. The molecule has 122 valence electrons. The molecule has 0 aromatic rings. The Hall–Kier alpha value is -1.59. The predicted molar refractivity (Wildman–Crippen MR) is 80.7 cm³/mol. The molecule has 6 heteroatoms. The average Bonchev–Trinajstić information content (AvgIpc) is 2.26. The van der Waals surface area contributed by atoms with Crippen LogP contribution in [0.2, 0.25) is 0 Å². The third-order valence-corrected chi connectivity index (χ3v) is 3.87. The van der Waals surface area contributed by atoms with Gasteiger partial charge in [0, 0.05) is 23.9 Å². The van der Waals surface area contributed by atoms with E-state index in [0.717, 1.165) is 0 Å². The molecule has 0 aliphatic carbocycles. The van der Waals surface area contributed by atoms with Crippen LogP contribution in [0.5, 0.6) is 0 Å². The average molecular weight is 300 g/mol. The van der Waals surface area contributed by atoms with Crippen molar-refractivity contribution in [3.63, 3.8) is 0 Å². The van der Waals surface area contributed by atoms with Crippen molar-refractivity contribution >= 4 is 17.8 Å². The number of carboxylic acids is 1. The molecule has 0 aromatic carbocycles. The zero-order valence-corrected chi connectivity index (χ0v) is 14.1. The second-order valence-electron chi connectivity index (χ2n) is 7.36. The van der Waals surface area contributed by atoms with Crippen LogP contribution in [0.3, 0.4) is 0 Å². The number of aliphatic carboxylic acids is 1. The van der Waals surface area contributed by atoms with Gasteiger partial charge >= 0.3 is 5.97 Å². The molecule has 0 radical (unpaired) electrons. The van der Waals surface area contributed by atoms with Gasteiger partial charge in [-0.1, -0.05) is 20.8 Å². The van der Waals surface area contributed by atoms with E-state index in [9.17, 15) is 19.5 Å². The molecule has 6 nitrogen and oxygen atoms in total. The normalized spacial score (nSPS) is 12.7. The second-order valence-corrected chi connectivity index (χ2v) is 7.36. The highest BCUT2D eigenvalue weighted by atomic mass is 16.4. The highest BCUT2D eigenvalue weighted by Gasteiger charge is 2.44. The Morgan fingerprint density at radius 2 is 1.43 bits per heavy atom. The summed E-state index contributed by atoms with van der Waals surface area (Å²) in [6, 6.07) is 0. The van der Waals surface area contributed by atoms with Gasteiger partial charge in [0.05, 0.1) is 5.41 Å². The quantitative estimate of drug-likeness (QED) is 0.693. The molecule has 0 saturated heterocycles. The van der Waals surface area contributed by atoms with Crippen LogP contribution in [-0.4, -0.2) is 35.0 Å². The fourth-order valence-electron chi connectivity index (χ4n) is 1.39. The van der Waals surface area contributed by atoms with Gasteiger partial charge in [-0.2, -0.15) is 0 Å². The molecule has 3 N–H and O–H groups in total. The van der Waals surface area contributed by atoms with Crippen molar-refractivity contribution in [2.75, 3.05) is 6.54 Å². The summed E-state index contributed by atoms with van der Waals surface area (Å²) in [5.41, 5.74) is -2.50. The number of rotatable bonds is 6. The van der Waals surface area contributed by atoms with E-state index in [0.29, 0.717) is 0 Å². The number of amides is 2. The lowest BCUT2D eigenvalue weighted by Crippen LogP contribution is -2.57. The smallest absolute Gasteiger partial charge is 0.311 e. The molecule has 0 aliphatic heterocycles. The van der Waals surface area contributed by atoms with Gasteiger partial charge in [-0.25, -0.2) is 0 Å². The van der Waals surface area contributed by atoms with Crippen LogP contribution in [-0.2, 0) is 14.4 Å². The van der Waals surface area contributed by atoms with Crippen LogP contribution in [0.25, 0.3) is 0 Å². The maximum absolute atomic E-state index is 11.9. The van der Waals surface area contributed by atoms with E-state index >= 15 is 0 Å². The largest absolute Gasteiger partial charge is 0.481 e. The highest BCUT2D eigenvalue weighted by Crippen LogP contribution is 2.30. The Balaban J connectivity index is 4.46. The molecule has 0 unspecified atom stereocenters. The van der Waals surface area contributed by atoms with E-state index in [1.165, 1.54) is 0 Å². The van der Waals surface area contributed by atoms with Crippen molar-refractivity contribution in [3.05, 3.63) is 0 Å². The number of nitrogens with one attached hydrogen (secondary N) is 2. The zero-order chi connectivity index (χ0) is 17.1. The van der Waals surface area contributed by atoms with Gasteiger partial charge in [-0.05, 0) is 27.7 Å². The summed E-state index contributed by atoms with van der Waals surface area (Å²) in [5.74, 6) is -1.39. The van der Waals surface area contributed by atoms with Crippen LogP contribution in [0.15, 0.2) is 0 Å². The van der Waals surface area contributed by atoms with Gasteiger partial charge in [0.25, 0.3) is 0 Å². The van der Waals surface area contributed by atoms with E-state index in [2.05, 4.69) is 10.6 Å². The summed E-state index contributed by atoms with van der Waals surface area (Å²) in [7, 11) is 0. The van der Waals surface area contributed by atoms with E-state index in [-0.39, 0.29) is 24.8 Å². The third-order valence-electron chi connectivity index (χ3n) is 3.87. The van der Waals surface area contributed by atoms with E-state index in [4.69, 9.17) is 0 Å². The summed E-state index contributed by atoms with van der Waals surface area (Å²) < 4.78 is 0. The number of hydrogen-bond acceptors (Lipinski definition) is 3. The first-order valence-corrected chi connectivity index (χ1v) is 7.04. The van der Waals surface area contributed by atoms with Crippen molar-refractivity contribution in [1.29, 1.82) is 0 Å². The number of hydrogen-bond donors (Lipinski definition) is 3. The summed E-state index contributed by atoms with van der Waals surface area (Å²) in [4.78, 5) is 34.8. The van der Waals surface area contributed by atoms with Gasteiger partial charge in [0.1, 0.15) is 0 Å². The minimum Gasteiger partial charge on any atom is -0.481 e. The maximum atomic E-state index is 11.9. The summed E-state index contributed by atoms with van der Waals surface area (Å²) in [6.07, 6.45) is 0.112. The highest BCUT2D eigenvalue weighted by molar-refractivity contribution is 5.83. The first-order chi connectivity index (χ1) is 9.22. The van der Waals surface area contributed by atoms with Gasteiger partial charge in [-0.3, -0.25) is 14.4 Å². The fraction of sp³-hybridized carbons (Fsp3) is 0.800. The van der Waals surface area contributed by atoms with E-state index in [1.807, 2.05) is 0 Å². The molecule has 0 aromatic heterocycles. The first kappa shape index (κ1) is 19.4. The molecule has 2 amide bonds. The SMILES string of the molecule is CC(C)(C)C(=O)NCCC(=O)NC(C)(C)C(C)(C)C(=O)O. The molecule has 0 saturated carbocycles. The monoisotopic (exact) mass is 300 g/mol. The fourth-order valence-corrected chi connectivity index (χ4v) is 1.39. The van der Waals surface area contributed by atoms with E-state index < -0.39 is 22.3 Å². The van der Waals surface area contributed by atoms with Crippen molar-refractivity contribution in [2.24, 2.45) is 10.8 Å². The molecule has 0 bridgehead atoms. The number of carboxylic acid groups (broad SMARTS) is 1. The molecule has 0 heterocycles. The summed E-state index contributed by atoms with van der Waals surface area (Å²) >= 11 is 0. The Bertz CT molecular complexity index is 420. The molecular formula is C15H28N2O4. The Morgan fingerprint density at radius 3 is 1.81 bits per heavy atom. The van der Waals surface area contributed by atoms with Crippen molar-refractivity contribution in [3.8, 4) is 0 Å². The van der Waals surface area contributed by atoms with E-state index in [1.54, 1.807) is 48.5 Å². The summed E-state index contributed by atoms with van der Waals surface area (Å²) in [6.45, 7) is 12.1. The summed E-state index contributed by atoms with van der Waals surface area (Å²) in [5, 5.41) is 14.6. The van der Waals surface area contributed by atoms with Crippen LogP contribution >= 0.6 is 0 Å². The van der Waals surface area contributed by atoms with Gasteiger partial charge in [-0.15, -0.1) is 0 Å². The van der Waals surface area contributed by atoms with Crippen molar-refractivity contribution < 1.29 is 19.5 Å². The molecule has 0 rings (SSSR count). The lowest BCUT2D eigenvalue weighted by molar-refractivity contribution is -0.151. The lowest BCUT2D eigenvalue weighted by Gasteiger charge is -2.38. The topological polar surface area (TPSA) is 95.5 Å². The van der Waals surface area contributed by atoms with Crippen LogP contribution in [0.1, 0.15) is 54.9 Å². The molecule has 0 spiro atoms. The number of carbonyl (C=O) groups excluding carboxylic acids is 2. The van der Waals surface area contributed by atoms with Crippen LogP contribution < -0.4 is 10.6 Å².